The van der Waals surface area contributed by atoms with Crippen molar-refractivity contribution in [3.05, 3.63) is 57.3 Å². The lowest BCUT2D eigenvalue weighted by atomic mass is 10.1. The summed E-state index contributed by atoms with van der Waals surface area (Å²) in [7, 11) is 0. The Morgan fingerprint density at radius 3 is 2.45 bits per heavy atom. The molecule has 1 heterocycles. The highest BCUT2D eigenvalue weighted by Gasteiger charge is 2.15. The number of esters is 1. The first kappa shape index (κ1) is 16.2. The Kier molecular flexibility index (Phi) is 5.33. The molecule has 0 spiro atoms. The molecule has 4 nitrogen and oxygen atoms in total. The molecule has 1 unspecified atom stereocenters. The van der Waals surface area contributed by atoms with E-state index in [1.807, 2.05) is 56.5 Å². The molecule has 1 N–H and O–H groups in total. The second-order valence-corrected chi connectivity index (χ2v) is 6.12. The number of aryl methyl sites for hydroxylation is 2. The third kappa shape index (κ3) is 4.18. The molecule has 22 heavy (non-hydrogen) atoms. The number of benzene rings is 1. The monoisotopic (exact) mass is 317 g/mol. The van der Waals surface area contributed by atoms with E-state index in [1.54, 1.807) is 0 Å². The molecule has 0 radical (unpaired) electrons. The molecule has 116 valence electrons. The highest BCUT2D eigenvalue weighted by molar-refractivity contribution is 7.12. The molecule has 1 aromatic heterocycles. The predicted molar refractivity (Wildman–Crippen MR) is 87.1 cm³/mol. The van der Waals surface area contributed by atoms with E-state index in [2.05, 4.69) is 5.32 Å². The van der Waals surface area contributed by atoms with E-state index in [1.165, 1.54) is 16.9 Å². The molecule has 2 aromatic rings. The van der Waals surface area contributed by atoms with Crippen LogP contribution in [0.1, 0.15) is 39.3 Å². The zero-order valence-corrected chi connectivity index (χ0v) is 13.7. The Hall–Kier alpha value is -2.14. The van der Waals surface area contributed by atoms with Crippen LogP contribution in [0, 0.1) is 13.8 Å². The quantitative estimate of drug-likeness (QED) is 0.860. The number of ether oxygens (including phenoxy) is 1. The van der Waals surface area contributed by atoms with E-state index in [0.717, 1.165) is 11.1 Å². The van der Waals surface area contributed by atoms with Gasteiger partial charge in [-0.15, -0.1) is 11.3 Å². The van der Waals surface area contributed by atoms with Crippen LogP contribution >= 0.6 is 11.3 Å². The molecular weight excluding hydrogens is 298 g/mol. The van der Waals surface area contributed by atoms with Crippen molar-refractivity contribution in [1.29, 1.82) is 0 Å². The number of nitrogens with one attached hydrogen (secondary N) is 1. The molecule has 0 aliphatic carbocycles. The molecule has 0 saturated carbocycles. The Balaban J connectivity index is 1.84. The van der Waals surface area contributed by atoms with Crippen molar-refractivity contribution < 1.29 is 14.3 Å². The highest BCUT2D eigenvalue weighted by atomic mass is 32.1. The van der Waals surface area contributed by atoms with Crippen LogP contribution in [-0.2, 0) is 9.53 Å². The fourth-order valence-corrected chi connectivity index (χ4v) is 2.82. The predicted octanol–water partition coefficient (Wildman–Crippen LogP) is 3.40. The van der Waals surface area contributed by atoms with Crippen LogP contribution in [0.3, 0.4) is 0 Å². The normalized spacial score (nSPS) is 11.8. The largest absolute Gasteiger partial charge is 0.451 e. The van der Waals surface area contributed by atoms with Gasteiger partial charge < -0.3 is 10.1 Å². The van der Waals surface area contributed by atoms with Gasteiger partial charge in [-0.3, -0.25) is 4.79 Å². The number of amides is 1. The summed E-state index contributed by atoms with van der Waals surface area (Å²) in [6.07, 6.45) is 0. The van der Waals surface area contributed by atoms with Crippen molar-refractivity contribution >= 4 is 23.2 Å². The Bertz CT molecular complexity index is 661. The lowest BCUT2D eigenvalue weighted by Crippen LogP contribution is -2.31. The number of thiophene rings is 1. The van der Waals surface area contributed by atoms with Crippen LogP contribution in [0.25, 0.3) is 0 Å². The second kappa shape index (κ2) is 7.22. The average Bonchev–Trinajstić information content (AvgIpc) is 2.91. The number of carbonyl (C=O) groups excluding carboxylic acids is 2. The zero-order valence-electron chi connectivity index (χ0n) is 12.9. The lowest BCUT2D eigenvalue weighted by molar-refractivity contribution is -0.124. The van der Waals surface area contributed by atoms with Crippen molar-refractivity contribution in [3.8, 4) is 0 Å². The summed E-state index contributed by atoms with van der Waals surface area (Å²) in [5.74, 6) is -0.763. The van der Waals surface area contributed by atoms with Crippen LogP contribution in [0.4, 0.5) is 0 Å². The maximum absolute atomic E-state index is 11.9. The number of rotatable bonds is 5. The minimum atomic E-state index is -0.453. The van der Waals surface area contributed by atoms with Gasteiger partial charge in [-0.1, -0.05) is 29.8 Å². The third-order valence-corrected chi connectivity index (χ3v) is 4.33. The summed E-state index contributed by atoms with van der Waals surface area (Å²) < 4.78 is 5.04. The van der Waals surface area contributed by atoms with E-state index in [4.69, 9.17) is 4.74 Å². The molecule has 1 amide bonds. The number of hydrogen-bond acceptors (Lipinski definition) is 4. The maximum atomic E-state index is 11.9. The minimum absolute atomic E-state index is 0.129. The van der Waals surface area contributed by atoms with Crippen LogP contribution in [0.15, 0.2) is 35.7 Å². The van der Waals surface area contributed by atoms with Crippen molar-refractivity contribution in [2.45, 2.75) is 26.8 Å². The van der Waals surface area contributed by atoms with Gasteiger partial charge in [-0.05, 0) is 43.3 Å². The molecule has 1 atom stereocenters. The summed E-state index contributed by atoms with van der Waals surface area (Å²) in [4.78, 5) is 24.2. The maximum Gasteiger partial charge on any atom is 0.349 e. The molecule has 0 saturated heterocycles. The fourth-order valence-electron chi connectivity index (χ4n) is 2.00. The van der Waals surface area contributed by atoms with Crippen molar-refractivity contribution in [2.24, 2.45) is 0 Å². The van der Waals surface area contributed by atoms with Gasteiger partial charge in [0.25, 0.3) is 5.91 Å². The smallest absolute Gasteiger partial charge is 0.349 e. The van der Waals surface area contributed by atoms with Crippen molar-refractivity contribution in [1.82, 2.24) is 5.32 Å². The number of hydrogen-bond donors (Lipinski definition) is 1. The molecule has 0 bridgehead atoms. The van der Waals surface area contributed by atoms with E-state index in [0.29, 0.717) is 4.88 Å². The Morgan fingerprint density at radius 1 is 1.18 bits per heavy atom. The van der Waals surface area contributed by atoms with Gasteiger partial charge in [-0.25, -0.2) is 4.79 Å². The summed E-state index contributed by atoms with van der Waals surface area (Å²) in [5, 5.41) is 4.64. The Morgan fingerprint density at radius 2 is 1.86 bits per heavy atom. The average molecular weight is 317 g/mol. The zero-order chi connectivity index (χ0) is 16.1. The first-order chi connectivity index (χ1) is 10.5. The standard InChI is InChI=1S/C17H19NO3S/c1-11-4-6-14(7-5-11)13(3)18-15(19)10-21-17(20)16-12(2)8-9-22-16/h4-9,13H,10H2,1-3H3,(H,18,19). The van der Waals surface area contributed by atoms with Gasteiger partial charge in [0.1, 0.15) is 4.88 Å². The van der Waals surface area contributed by atoms with E-state index in [-0.39, 0.29) is 18.6 Å². The van der Waals surface area contributed by atoms with Gasteiger partial charge in [-0.2, -0.15) is 0 Å². The first-order valence-corrected chi connectivity index (χ1v) is 7.92. The van der Waals surface area contributed by atoms with Crippen molar-refractivity contribution in [3.63, 3.8) is 0 Å². The van der Waals surface area contributed by atoms with Crippen LogP contribution < -0.4 is 5.32 Å². The van der Waals surface area contributed by atoms with E-state index >= 15 is 0 Å². The summed E-state index contributed by atoms with van der Waals surface area (Å²) in [6.45, 7) is 5.48. The summed E-state index contributed by atoms with van der Waals surface area (Å²) in [5.41, 5.74) is 3.05. The summed E-state index contributed by atoms with van der Waals surface area (Å²) >= 11 is 1.32. The molecule has 0 aliphatic heterocycles. The van der Waals surface area contributed by atoms with E-state index in [9.17, 15) is 9.59 Å². The highest BCUT2D eigenvalue weighted by Crippen LogP contribution is 2.16. The van der Waals surface area contributed by atoms with Gasteiger partial charge in [0.15, 0.2) is 6.61 Å². The van der Waals surface area contributed by atoms with Crippen LogP contribution in [0.2, 0.25) is 0 Å². The SMILES string of the molecule is Cc1ccc(C(C)NC(=O)COC(=O)c2sccc2C)cc1. The fraction of sp³-hybridized carbons (Fsp3) is 0.294. The molecule has 2 rings (SSSR count). The Labute approximate surface area is 134 Å². The third-order valence-electron chi connectivity index (χ3n) is 3.34. The second-order valence-electron chi connectivity index (χ2n) is 5.21. The van der Waals surface area contributed by atoms with Gasteiger partial charge >= 0.3 is 5.97 Å². The molecule has 0 fully saturated rings. The molecule has 5 heteroatoms. The van der Waals surface area contributed by atoms with Crippen molar-refractivity contribution in [2.75, 3.05) is 6.61 Å². The van der Waals surface area contributed by atoms with E-state index < -0.39 is 5.97 Å². The minimum Gasteiger partial charge on any atom is -0.451 e. The van der Waals surface area contributed by atoms with Gasteiger partial charge in [0.2, 0.25) is 0 Å². The molecular formula is C17H19NO3S. The first-order valence-electron chi connectivity index (χ1n) is 7.04. The van der Waals surface area contributed by atoms with Gasteiger partial charge in [0.05, 0.1) is 6.04 Å². The lowest BCUT2D eigenvalue weighted by Gasteiger charge is -2.14. The summed E-state index contributed by atoms with van der Waals surface area (Å²) in [6, 6.07) is 9.66. The van der Waals surface area contributed by atoms with Crippen LogP contribution in [0.5, 0.6) is 0 Å². The molecule has 0 aliphatic rings. The number of carbonyl (C=O) groups is 2. The topological polar surface area (TPSA) is 55.4 Å². The van der Waals surface area contributed by atoms with Gasteiger partial charge in [0, 0.05) is 0 Å². The van der Waals surface area contributed by atoms with Crippen LogP contribution in [-0.4, -0.2) is 18.5 Å². The molecule has 1 aromatic carbocycles.